The van der Waals surface area contributed by atoms with Gasteiger partial charge in [0.15, 0.2) is 0 Å². The van der Waals surface area contributed by atoms with E-state index in [2.05, 4.69) is 0 Å². The normalized spacial score (nSPS) is 16.4. The average Bonchev–Trinajstić information content (AvgIpc) is 3.19. The molecule has 8 nitrogen and oxygen atoms in total. The van der Waals surface area contributed by atoms with Gasteiger partial charge >= 0.3 is 0 Å². The fraction of sp³-hybridized carbons (Fsp3) is 0.312. The minimum absolute atomic E-state index is 0.0249. The van der Waals surface area contributed by atoms with Crippen LogP contribution in [0, 0.1) is 0 Å². The second-order valence-electron chi connectivity index (χ2n) is 9.54. The van der Waals surface area contributed by atoms with Crippen molar-refractivity contribution in [3.8, 4) is 23.0 Å². The molecule has 1 fully saturated rings. The van der Waals surface area contributed by atoms with Crippen molar-refractivity contribution >= 4 is 17.4 Å². The molecule has 1 amide bonds. The van der Waals surface area contributed by atoms with Gasteiger partial charge < -0.3 is 29.0 Å². The number of aliphatic hydroxyl groups is 1. The molecule has 0 radical (unpaired) electrons. The van der Waals surface area contributed by atoms with Crippen LogP contribution in [0.25, 0.3) is 5.76 Å². The quantitative estimate of drug-likeness (QED) is 0.182. The molecule has 1 unspecified atom stereocenters. The Balaban J connectivity index is 1.83. The van der Waals surface area contributed by atoms with Crippen LogP contribution >= 0.6 is 0 Å². The van der Waals surface area contributed by atoms with Gasteiger partial charge in [-0.25, -0.2) is 0 Å². The van der Waals surface area contributed by atoms with Gasteiger partial charge in [0.25, 0.3) is 11.7 Å². The first-order valence-corrected chi connectivity index (χ1v) is 13.3. The number of benzene rings is 3. The molecule has 4 rings (SSSR count). The van der Waals surface area contributed by atoms with Crippen molar-refractivity contribution in [1.29, 1.82) is 0 Å². The zero-order valence-electron chi connectivity index (χ0n) is 23.5. The molecular formula is C32H35NO7. The first-order valence-electron chi connectivity index (χ1n) is 13.3. The lowest BCUT2D eigenvalue weighted by molar-refractivity contribution is -0.140. The van der Waals surface area contributed by atoms with Gasteiger partial charge in [-0.15, -0.1) is 0 Å². The number of ketones is 1. The van der Waals surface area contributed by atoms with E-state index in [1.165, 1.54) is 4.90 Å². The minimum Gasteiger partial charge on any atom is -0.507 e. The molecule has 0 bridgehead atoms. The van der Waals surface area contributed by atoms with Crippen LogP contribution in [0.5, 0.6) is 23.0 Å². The number of Topliss-reactive ketones (excluding diaryl/α,β-unsaturated/α-hetero) is 1. The van der Waals surface area contributed by atoms with Crippen LogP contribution in [0.3, 0.4) is 0 Å². The Labute approximate surface area is 234 Å². The Morgan fingerprint density at radius 1 is 0.900 bits per heavy atom. The number of carbonyl (C=O) groups excluding carboxylic acids is 2. The molecule has 1 saturated heterocycles. The summed E-state index contributed by atoms with van der Waals surface area (Å²) >= 11 is 0. The van der Waals surface area contributed by atoms with E-state index in [4.69, 9.17) is 18.9 Å². The van der Waals surface area contributed by atoms with Crippen molar-refractivity contribution in [3.05, 3.63) is 89.0 Å². The van der Waals surface area contributed by atoms with Crippen molar-refractivity contribution in [2.24, 2.45) is 0 Å². The van der Waals surface area contributed by atoms with Crippen LogP contribution in [0.2, 0.25) is 0 Å². The first-order chi connectivity index (χ1) is 19.3. The molecule has 1 N–H and O–H groups in total. The molecular weight excluding hydrogens is 510 g/mol. The van der Waals surface area contributed by atoms with Crippen molar-refractivity contribution < 1.29 is 33.6 Å². The minimum atomic E-state index is -0.859. The summed E-state index contributed by atoms with van der Waals surface area (Å²) < 4.78 is 22.5. The third-order valence-electron chi connectivity index (χ3n) is 6.42. The van der Waals surface area contributed by atoms with Crippen molar-refractivity contribution in [3.63, 3.8) is 0 Å². The highest BCUT2D eigenvalue weighted by molar-refractivity contribution is 6.46. The van der Waals surface area contributed by atoms with Crippen molar-refractivity contribution in [2.45, 2.75) is 46.4 Å². The number of nitrogens with zero attached hydrogens (tertiary/aromatic N) is 1. The summed E-state index contributed by atoms with van der Waals surface area (Å²) in [6, 6.07) is 18.7. The van der Waals surface area contributed by atoms with Gasteiger partial charge in [0.05, 0.1) is 43.6 Å². The zero-order chi connectivity index (χ0) is 28.8. The highest BCUT2D eigenvalue weighted by Crippen LogP contribution is 2.43. The number of aliphatic hydroxyl groups excluding tert-OH is 1. The second-order valence-corrected chi connectivity index (χ2v) is 9.54. The Hall–Kier alpha value is -4.46. The molecule has 0 aliphatic carbocycles. The number of methoxy groups -OCH3 is 1. The summed E-state index contributed by atoms with van der Waals surface area (Å²) in [5.41, 5.74) is 1.71. The highest BCUT2D eigenvalue weighted by Gasteiger charge is 2.46. The highest BCUT2D eigenvalue weighted by atomic mass is 16.5. The number of ether oxygens (including phenoxy) is 4. The van der Waals surface area contributed by atoms with Gasteiger partial charge in [0, 0.05) is 12.6 Å². The Bertz CT molecular complexity index is 1390. The topological polar surface area (TPSA) is 94.5 Å². The summed E-state index contributed by atoms with van der Waals surface area (Å²) in [7, 11) is 1.55. The van der Waals surface area contributed by atoms with Gasteiger partial charge in [-0.2, -0.15) is 0 Å². The van der Waals surface area contributed by atoms with Crippen LogP contribution in [0.4, 0.5) is 0 Å². The van der Waals surface area contributed by atoms with E-state index in [1.54, 1.807) is 49.6 Å². The van der Waals surface area contributed by atoms with Gasteiger partial charge in [-0.05, 0) is 75.2 Å². The molecule has 1 heterocycles. The lowest BCUT2D eigenvalue weighted by Crippen LogP contribution is -2.29. The maximum Gasteiger partial charge on any atom is 0.295 e. The molecule has 0 saturated carbocycles. The van der Waals surface area contributed by atoms with Crippen molar-refractivity contribution in [2.75, 3.05) is 20.3 Å². The van der Waals surface area contributed by atoms with Gasteiger partial charge in [-0.1, -0.05) is 24.3 Å². The number of amides is 1. The summed E-state index contributed by atoms with van der Waals surface area (Å²) in [5.74, 6) is 0.390. The zero-order valence-corrected chi connectivity index (χ0v) is 23.5. The lowest BCUT2D eigenvalue weighted by atomic mass is 9.94. The van der Waals surface area contributed by atoms with Crippen molar-refractivity contribution in [1.82, 2.24) is 4.90 Å². The average molecular weight is 546 g/mol. The molecule has 1 atom stereocenters. The third-order valence-corrected chi connectivity index (χ3v) is 6.42. The fourth-order valence-electron chi connectivity index (χ4n) is 4.72. The van der Waals surface area contributed by atoms with E-state index in [-0.39, 0.29) is 24.0 Å². The maximum atomic E-state index is 13.5. The monoisotopic (exact) mass is 545 g/mol. The number of hydrogen-bond donors (Lipinski definition) is 1. The van der Waals surface area contributed by atoms with E-state index in [1.807, 2.05) is 52.0 Å². The van der Waals surface area contributed by atoms with E-state index in [0.717, 1.165) is 5.56 Å². The van der Waals surface area contributed by atoms with Gasteiger partial charge in [-0.3, -0.25) is 9.59 Å². The Morgan fingerprint density at radius 3 is 2.25 bits per heavy atom. The maximum absolute atomic E-state index is 13.5. The lowest BCUT2D eigenvalue weighted by Gasteiger charge is -2.26. The van der Waals surface area contributed by atoms with Gasteiger partial charge in [0.2, 0.25) is 0 Å². The number of rotatable bonds is 11. The molecule has 0 spiro atoms. The van der Waals surface area contributed by atoms with E-state index in [9.17, 15) is 14.7 Å². The molecule has 1 aliphatic rings. The summed E-state index contributed by atoms with van der Waals surface area (Å²) in [6.45, 7) is 8.53. The molecule has 8 heteroatoms. The molecule has 3 aromatic rings. The summed E-state index contributed by atoms with van der Waals surface area (Å²) in [6.07, 6.45) is 0.0286. The first kappa shape index (κ1) is 28.5. The van der Waals surface area contributed by atoms with E-state index >= 15 is 0 Å². The molecule has 3 aromatic carbocycles. The number of hydrogen-bond acceptors (Lipinski definition) is 7. The predicted molar refractivity (Wildman–Crippen MR) is 152 cm³/mol. The third kappa shape index (κ3) is 6.06. The van der Waals surface area contributed by atoms with E-state index in [0.29, 0.717) is 47.3 Å². The SMILES string of the molecule is CCOc1ccc(/C(O)=C2/C(=O)C(=O)N(Cc3ccc(OC(C)C)cc3)C2c2cccc(OC)c2)c(OCC)c1. The summed E-state index contributed by atoms with van der Waals surface area (Å²) in [4.78, 5) is 28.5. The Kier molecular flexibility index (Phi) is 8.99. The van der Waals surface area contributed by atoms with E-state index < -0.39 is 17.7 Å². The second kappa shape index (κ2) is 12.6. The largest absolute Gasteiger partial charge is 0.507 e. The molecule has 210 valence electrons. The fourth-order valence-corrected chi connectivity index (χ4v) is 4.72. The standard InChI is InChI=1S/C32H35NO7/c1-6-38-25-15-16-26(27(18-25)39-7-2)30(34)28-29(22-9-8-10-24(17-22)37-5)33(32(36)31(28)35)19-21-11-13-23(14-12-21)40-20(3)4/h8-18,20,29,34H,6-7,19H2,1-5H3/b30-28-. The smallest absolute Gasteiger partial charge is 0.295 e. The van der Waals surface area contributed by atoms with Crippen LogP contribution in [-0.4, -0.2) is 48.1 Å². The van der Waals surface area contributed by atoms with Crippen LogP contribution in [0.1, 0.15) is 50.4 Å². The number of likely N-dealkylation sites (tertiary alicyclic amines) is 1. The Morgan fingerprint density at radius 2 is 1.60 bits per heavy atom. The van der Waals surface area contributed by atoms with Gasteiger partial charge in [0.1, 0.15) is 28.8 Å². The van der Waals surface area contributed by atoms with Crippen LogP contribution in [0.15, 0.2) is 72.3 Å². The summed E-state index contributed by atoms with van der Waals surface area (Å²) in [5, 5.41) is 11.6. The number of carbonyl (C=O) groups is 2. The molecule has 40 heavy (non-hydrogen) atoms. The van der Waals surface area contributed by atoms with Crippen LogP contribution in [-0.2, 0) is 16.1 Å². The van der Waals surface area contributed by atoms with Crippen LogP contribution < -0.4 is 18.9 Å². The molecule has 1 aliphatic heterocycles. The predicted octanol–water partition coefficient (Wildman–Crippen LogP) is 5.90. The molecule has 0 aromatic heterocycles.